The highest BCUT2D eigenvalue weighted by Crippen LogP contribution is 2.20. The van der Waals surface area contributed by atoms with Crippen molar-refractivity contribution in [3.63, 3.8) is 0 Å². The Labute approximate surface area is 163 Å². The van der Waals surface area contributed by atoms with E-state index in [1.807, 2.05) is 52.8 Å². The minimum atomic E-state index is -0.321. The van der Waals surface area contributed by atoms with Crippen molar-refractivity contribution < 1.29 is 4.79 Å². The highest BCUT2D eigenvalue weighted by atomic mass is 16.2. The number of hydrogen-bond acceptors (Lipinski definition) is 5. The Morgan fingerprint density at radius 2 is 2.00 bits per heavy atom. The number of anilines is 2. The summed E-state index contributed by atoms with van der Waals surface area (Å²) in [7, 11) is 1.71. The smallest absolute Gasteiger partial charge is 0.263 e. The summed E-state index contributed by atoms with van der Waals surface area (Å²) in [6.45, 7) is 9.98. The molecule has 3 rings (SSSR count). The zero-order valence-corrected chi connectivity index (χ0v) is 17.1. The summed E-state index contributed by atoms with van der Waals surface area (Å²) in [5, 5.41) is 7.64. The van der Waals surface area contributed by atoms with E-state index in [0.717, 1.165) is 16.8 Å². The zero-order valence-electron chi connectivity index (χ0n) is 17.1. The van der Waals surface area contributed by atoms with Gasteiger partial charge in [-0.15, -0.1) is 0 Å². The maximum Gasteiger partial charge on any atom is 0.263 e. The number of likely N-dealkylation sites (N-methyl/N-ethyl adjacent to an activating group) is 1. The minimum absolute atomic E-state index is 0.0471. The van der Waals surface area contributed by atoms with Crippen LogP contribution in [0.2, 0.25) is 0 Å². The molecule has 0 aliphatic rings. The van der Waals surface area contributed by atoms with E-state index in [2.05, 4.69) is 20.4 Å². The van der Waals surface area contributed by atoms with E-state index in [0.29, 0.717) is 17.0 Å². The molecule has 2 heterocycles. The van der Waals surface area contributed by atoms with Crippen LogP contribution in [0.15, 0.2) is 29.2 Å². The second-order valence-electron chi connectivity index (χ2n) is 8.01. The largest absolute Gasteiger partial charge is 0.336 e. The van der Waals surface area contributed by atoms with Crippen LogP contribution in [-0.2, 0) is 10.3 Å². The van der Waals surface area contributed by atoms with Gasteiger partial charge in [-0.25, -0.2) is 4.68 Å². The number of aryl methyl sites for hydroxylation is 1. The first-order valence-corrected chi connectivity index (χ1v) is 9.13. The molecule has 28 heavy (non-hydrogen) atoms. The summed E-state index contributed by atoms with van der Waals surface area (Å²) in [5.41, 5.74) is 2.81. The molecule has 0 unspecified atom stereocenters. The number of hydrogen-bond donors (Lipinski definition) is 2. The van der Waals surface area contributed by atoms with Crippen LogP contribution in [-0.4, -0.2) is 39.2 Å². The Morgan fingerprint density at radius 1 is 1.29 bits per heavy atom. The average molecular weight is 382 g/mol. The van der Waals surface area contributed by atoms with Crippen molar-refractivity contribution in [3.05, 3.63) is 45.9 Å². The van der Waals surface area contributed by atoms with E-state index in [9.17, 15) is 9.59 Å². The fourth-order valence-corrected chi connectivity index (χ4v) is 2.95. The van der Waals surface area contributed by atoms with Gasteiger partial charge in [0.2, 0.25) is 11.9 Å². The lowest BCUT2D eigenvalue weighted by Crippen LogP contribution is -2.33. The number of amides is 1. The summed E-state index contributed by atoms with van der Waals surface area (Å²) in [5.74, 6) is 0.128. The number of fused-ring (bicyclic) bond motifs is 1. The Morgan fingerprint density at radius 3 is 2.68 bits per heavy atom. The van der Waals surface area contributed by atoms with Crippen molar-refractivity contribution in [1.82, 2.24) is 19.7 Å². The SMILES string of the molecule is Cc1cccc(NC(=O)CN(C)c2nc3c(cnn3C(C)(C)C)c(=O)[nH]2)c1C. The van der Waals surface area contributed by atoms with Crippen LogP contribution in [0.3, 0.4) is 0 Å². The third-order valence-corrected chi connectivity index (χ3v) is 4.68. The van der Waals surface area contributed by atoms with E-state index >= 15 is 0 Å². The van der Waals surface area contributed by atoms with Crippen molar-refractivity contribution in [2.45, 2.75) is 40.2 Å². The Bertz CT molecular complexity index is 1090. The molecule has 0 radical (unpaired) electrons. The van der Waals surface area contributed by atoms with Crippen LogP contribution in [0.4, 0.5) is 11.6 Å². The van der Waals surface area contributed by atoms with E-state index in [-0.39, 0.29) is 23.6 Å². The lowest BCUT2D eigenvalue weighted by atomic mass is 10.1. The maximum absolute atomic E-state index is 12.5. The maximum atomic E-state index is 12.5. The molecule has 148 valence electrons. The minimum Gasteiger partial charge on any atom is -0.336 e. The zero-order chi connectivity index (χ0) is 20.6. The van der Waals surface area contributed by atoms with Crippen LogP contribution in [0, 0.1) is 13.8 Å². The van der Waals surface area contributed by atoms with Gasteiger partial charge in [0, 0.05) is 12.7 Å². The van der Waals surface area contributed by atoms with Crippen molar-refractivity contribution in [2.75, 3.05) is 23.8 Å². The van der Waals surface area contributed by atoms with Crippen molar-refractivity contribution >= 4 is 28.6 Å². The first-order chi connectivity index (χ1) is 13.1. The van der Waals surface area contributed by atoms with Gasteiger partial charge in [0.15, 0.2) is 5.65 Å². The molecule has 0 aliphatic carbocycles. The molecule has 2 aromatic heterocycles. The van der Waals surface area contributed by atoms with Crippen LogP contribution in [0.1, 0.15) is 31.9 Å². The number of nitrogens with one attached hydrogen (secondary N) is 2. The molecule has 0 atom stereocenters. The lowest BCUT2D eigenvalue weighted by Gasteiger charge is -2.21. The molecule has 8 nitrogen and oxygen atoms in total. The molecule has 8 heteroatoms. The molecule has 0 bridgehead atoms. The van der Waals surface area contributed by atoms with Gasteiger partial charge in [-0.3, -0.25) is 14.6 Å². The first-order valence-electron chi connectivity index (χ1n) is 9.13. The predicted octanol–water partition coefficient (Wildman–Crippen LogP) is 2.57. The predicted molar refractivity (Wildman–Crippen MR) is 111 cm³/mol. The second kappa shape index (κ2) is 7.10. The number of carbonyl (C=O) groups is 1. The molecule has 2 N–H and O–H groups in total. The Kier molecular flexibility index (Phi) is 4.97. The van der Waals surface area contributed by atoms with Gasteiger partial charge in [0.1, 0.15) is 5.39 Å². The molecule has 0 saturated heterocycles. The lowest BCUT2D eigenvalue weighted by molar-refractivity contribution is -0.114. The van der Waals surface area contributed by atoms with Gasteiger partial charge in [-0.1, -0.05) is 12.1 Å². The summed E-state index contributed by atoms with van der Waals surface area (Å²) in [4.78, 5) is 33.8. The molecular weight excluding hydrogens is 356 g/mol. The van der Waals surface area contributed by atoms with Gasteiger partial charge >= 0.3 is 0 Å². The Hall–Kier alpha value is -3.16. The van der Waals surface area contributed by atoms with Gasteiger partial charge in [0.25, 0.3) is 5.56 Å². The number of nitrogens with zero attached hydrogens (tertiary/aromatic N) is 4. The number of aromatic amines is 1. The van der Waals surface area contributed by atoms with Gasteiger partial charge in [0.05, 0.1) is 18.3 Å². The van der Waals surface area contributed by atoms with E-state index in [1.54, 1.807) is 16.6 Å². The highest BCUT2D eigenvalue weighted by molar-refractivity contribution is 5.94. The molecule has 0 spiro atoms. The van der Waals surface area contributed by atoms with Gasteiger partial charge < -0.3 is 10.2 Å². The van der Waals surface area contributed by atoms with Gasteiger partial charge in [-0.2, -0.15) is 10.1 Å². The molecule has 3 aromatic rings. The normalized spacial score (nSPS) is 11.6. The fraction of sp³-hybridized carbons (Fsp3) is 0.400. The second-order valence-corrected chi connectivity index (χ2v) is 8.01. The molecular formula is C20H26N6O2. The standard InChI is InChI=1S/C20H26N6O2/c1-12-8-7-9-15(13(12)2)22-16(27)11-25(6)19-23-17-14(18(28)24-19)10-21-26(17)20(3,4)5/h7-10H,11H2,1-6H3,(H,22,27)(H,23,24,28). The highest BCUT2D eigenvalue weighted by Gasteiger charge is 2.21. The molecule has 0 saturated carbocycles. The third-order valence-electron chi connectivity index (χ3n) is 4.68. The monoisotopic (exact) mass is 382 g/mol. The summed E-state index contributed by atoms with van der Waals surface area (Å²) >= 11 is 0. The number of H-pyrrole nitrogens is 1. The summed E-state index contributed by atoms with van der Waals surface area (Å²) in [6.07, 6.45) is 1.52. The van der Waals surface area contributed by atoms with Crippen molar-refractivity contribution in [3.8, 4) is 0 Å². The van der Waals surface area contributed by atoms with Crippen LogP contribution in [0.25, 0.3) is 11.0 Å². The van der Waals surface area contributed by atoms with Crippen LogP contribution >= 0.6 is 0 Å². The summed E-state index contributed by atoms with van der Waals surface area (Å²) in [6, 6.07) is 5.77. The molecule has 1 amide bonds. The molecule has 1 aromatic carbocycles. The van der Waals surface area contributed by atoms with E-state index in [4.69, 9.17) is 0 Å². The van der Waals surface area contributed by atoms with Gasteiger partial charge in [-0.05, 0) is 51.8 Å². The van der Waals surface area contributed by atoms with Crippen LogP contribution < -0.4 is 15.8 Å². The Balaban J connectivity index is 1.85. The fourth-order valence-electron chi connectivity index (χ4n) is 2.95. The third kappa shape index (κ3) is 3.76. The summed E-state index contributed by atoms with van der Waals surface area (Å²) < 4.78 is 1.71. The van der Waals surface area contributed by atoms with E-state index < -0.39 is 0 Å². The number of carbonyl (C=O) groups excluding carboxylic acids is 1. The number of benzene rings is 1. The topological polar surface area (TPSA) is 95.9 Å². The van der Waals surface area contributed by atoms with Crippen molar-refractivity contribution in [2.24, 2.45) is 0 Å². The van der Waals surface area contributed by atoms with Crippen molar-refractivity contribution in [1.29, 1.82) is 0 Å². The number of rotatable bonds is 4. The van der Waals surface area contributed by atoms with Crippen LogP contribution in [0.5, 0.6) is 0 Å². The number of aromatic nitrogens is 4. The molecule has 0 fully saturated rings. The first kappa shape index (κ1) is 19.6. The molecule has 0 aliphatic heterocycles. The van der Waals surface area contributed by atoms with E-state index in [1.165, 1.54) is 6.20 Å². The average Bonchev–Trinajstić information content (AvgIpc) is 3.03. The quantitative estimate of drug-likeness (QED) is 0.723.